The summed E-state index contributed by atoms with van der Waals surface area (Å²) >= 11 is 0. The molecule has 0 aromatic heterocycles. The molecule has 0 fully saturated rings. The van der Waals surface area contributed by atoms with Crippen LogP contribution in [0.3, 0.4) is 0 Å². The average molecular weight is 334 g/mol. The van der Waals surface area contributed by atoms with Gasteiger partial charge in [0, 0.05) is 0 Å². The van der Waals surface area contributed by atoms with Gasteiger partial charge in [-0.15, -0.1) is 0 Å². The van der Waals surface area contributed by atoms with Crippen LogP contribution in [0.5, 0.6) is 11.5 Å². The zero-order valence-electron chi connectivity index (χ0n) is 13.7. The molecule has 0 heterocycles. The van der Waals surface area contributed by atoms with Crippen LogP contribution in [0.4, 0.5) is 0 Å². The van der Waals surface area contributed by atoms with Crippen molar-refractivity contribution in [1.82, 2.24) is 0 Å². The van der Waals surface area contributed by atoms with Gasteiger partial charge in [0.1, 0.15) is 19.3 Å². The maximum absolute atomic E-state index is 9.86. The van der Waals surface area contributed by atoms with Crippen molar-refractivity contribution < 1.29 is 36.6 Å². The van der Waals surface area contributed by atoms with Crippen molar-refractivity contribution in [3.8, 4) is 11.5 Å². The van der Waals surface area contributed by atoms with Gasteiger partial charge < -0.3 is 36.6 Å². The Kier molecular flexibility index (Phi) is 12.0. The lowest BCUT2D eigenvalue weighted by Gasteiger charge is -2.17. The van der Waals surface area contributed by atoms with Gasteiger partial charge >= 0.3 is 0 Å². The molecule has 0 saturated heterocycles. The van der Waals surface area contributed by atoms with Crippen molar-refractivity contribution in [2.24, 2.45) is 0 Å². The number of likely N-dealkylation sites (N-methyl/N-ethyl adjacent to an activating group) is 1. The highest BCUT2D eigenvalue weighted by atomic mass is 35.5. The maximum Gasteiger partial charge on any atom is 0.161 e. The number of aliphatic hydroxyl groups is 1. The van der Waals surface area contributed by atoms with E-state index in [9.17, 15) is 5.11 Å². The SMILES string of the molecule is CC[NH+](CC)CCOCC(O)COc1ccccc1OC.[Cl-]. The molecule has 0 aliphatic carbocycles. The first-order valence-electron chi connectivity index (χ1n) is 7.56. The van der Waals surface area contributed by atoms with Crippen LogP contribution in [0, 0.1) is 0 Å². The molecule has 5 nitrogen and oxygen atoms in total. The molecule has 128 valence electrons. The minimum atomic E-state index is -0.637. The van der Waals surface area contributed by atoms with Crippen LogP contribution < -0.4 is 26.8 Å². The Balaban J connectivity index is 0.00000441. The quantitative estimate of drug-likeness (QED) is 0.435. The number of methoxy groups -OCH3 is 1. The summed E-state index contributed by atoms with van der Waals surface area (Å²) in [5, 5.41) is 9.86. The largest absolute Gasteiger partial charge is 1.00 e. The topological polar surface area (TPSA) is 52.4 Å². The molecule has 0 radical (unpaired) electrons. The smallest absolute Gasteiger partial charge is 0.161 e. The Hall–Kier alpha value is -1.01. The molecule has 1 aromatic carbocycles. The molecule has 0 bridgehead atoms. The number of hydrogen-bond acceptors (Lipinski definition) is 4. The summed E-state index contributed by atoms with van der Waals surface area (Å²) in [6.07, 6.45) is -0.637. The van der Waals surface area contributed by atoms with E-state index in [0.717, 1.165) is 19.6 Å². The summed E-state index contributed by atoms with van der Waals surface area (Å²) in [4.78, 5) is 1.50. The van der Waals surface area contributed by atoms with Crippen LogP contribution in [0.2, 0.25) is 0 Å². The number of ether oxygens (including phenoxy) is 3. The maximum atomic E-state index is 9.86. The molecular weight excluding hydrogens is 306 g/mol. The Morgan fingerprint density at radius 3 is 2.32 bits per heavy atom. The summed E-state index contributed by atoms with van der Waals surface area (Å²) in [5.41, 5.74) is 0. The van der Waals surface area contributed by atoms with Crippen molar-refractivity contribution in [3.63, 3.8) is 0 Å². The van der Waals surface area contributed by atoms with E-state index in [2.05, 4.69) is 13.8 Å². The second-order valence-electron chi connectivity index (χ2n) is 4.90. The zero-order valence-corrected chi connectivity index (χ0v) is 14.4. The van der Waals surface area contributed by atoms with Crippen LogP contribution in [-0.4, -0.2) is 57.8 Å². The predicted molar refractivity (Wildman–Crippen MR) is 82.2 cm³/mol. The molecule has 1 aromatic rings. The number of rotatable bonds is 11. The van der Waals surface area contributed by atoms with Crippen molar-refractivity contribution in [3.05, 3.63) is 24.3 Å². The third kappa shape index (κ3) is 7.84. The molecule has 0 aliphatic rings. The van der Waals surface area contributed by atoms with Crippen molar-refractivity contribution in [1.29, 1.82) is 0 Å². The summed E-state index contributed by atoms with van der Waals surface area (Å²) < 4.78 is 16.2. The van der Waals surface area contributed by atoms with E-state index in [0.29, 0.717) is 18.1 Å². The molecule has 0 aliphatic heterocycles. The van der Waals surface area contributed by atoms with Crippen LogP contribution in [0.25, 0.3) is 0 Å². The molecule has 0 amide bonds. The highest BCUT2D eigenvalue weighted by Crippen LogP contribution is 2.25. The van der Waals surface area contributed by atoms with E-state index < -0.39 is 6.10 Å². The highest BCUT2D eigenvalue weighted by molar-refractivity contribution is 5.39. The lowest BCUT2D eigenvalue weighted by Crippen LogP contribution is -3.11. The molecule has 1 atom stereocenters. The minimum Gasteiger partial charge on any atom is -1.00 e. The summed E-state index contributed by atoms with van der Waals surface area (Å²) in [7, 11) is 1.59. The predicted octanol–water partition coefficient (Wildman–Crippen LogP) is -2.62. The standard InChI is InChI=1S/C16H27NO4.ClH/c1-4-17(5-2)10-11-20-12-14(18)13-21-16-9-7-6-8-15(16)19-3;/h6-9,14,18H,4-5,10-13H2,1-3H3;1H. The van der Waals surface area contributed by atoms with Crippen molar-refractivity contribution in [2.75, 3.05) is 46.6 Å². The molecule has 0 saturated carbocycles. The number of halogens is 1. The van der Waals surface area contributed by atoms with Gasteiger partial charge in [-0.1, -0.05) is 12.1 Å². The van der Waals surface area contributed by atoms with E-state index in [4.69, 9.17) is 14.2 Å². The highest BCUT2D eigenvalue weighted by Gasteiger charge is 2.09. The van der Waals surface area contributed by atoms with Gasteiger partial charge in [-0.25, -0.2) is 0 Å². The molecule has 1 rings (SSSR count). The van der Waals surface area contributed by atoms with E-state index >= 15 is 0 Å². The summed E-state index contributed by atoms with van der Waals surface area (Å²) in [5.74, 6) is 1.29. The number of hydrogen-bond donors (Lipinski definition) is 2. The normalized spacial score (nSPS) is 11.9. The third-order valence-corrected chi connectivity index (χ3v) is 3.41. The molecule has 22 heavy (non-hydrogen) atoms. The van der Waals surface area contributed by atoms with Crippen LogP contribution in [0.1, 0.15) is 13.8 Å². The second kappa shape index (κ2) is 12.5. The van der Waals surface area contributed by atoms with Crippen LogP contribution >= 0.6 is 0 Å². The first-order valence-corrected chi connectivity index (χ1v) is 7.56. The Bertz CT molecular complexity index is 388. The zero-order chi connectivity index (χ0) is 15.5. The van der Waals surface area contributed by atoms with E-state index in [1.54, 1.807) is 7.11 Å². The van der Waals surface area contributed by atoms with Crippen molar-refractivity contribution >= 4 is 0 Å². The molecular formula is C16H28ClNO4. The van der Waals surface area contributed by atoms with Gasteiger partial charge in [-0.05, 0) is 26.0 Å². The second-order valence-corrected chi connectivity index (χ2v) is 4.90. The van der Waals surface area contributed by atoms with Crippen LogP contribution in [-0.2, 0) is 4.74 Å². The third-order valence-electron chi connectivity index (χ3n) is 3.41. The monoisotopic (exact) mass is 333 g/mol. The number of aliphatic hydroxyl groups excluding tert-OH is 1. The van der Waals surface area contributed by atoms with E-state index in [1.807, 2.05) is 24.3 Å². The first-order chi connectivity index (χ1) is 10.2. The minimum absolute atomic E-state index is 0. The lowest BCUT2D eigenvalue weighted by molar-refractivity contribution is -0.896. The summed E-state index contributed by atoms with van der Waals surface area (Å²) in [6.45, 7) is 8.62. The van der Waals surface area contributed by atoms with Gasteiger partial charge in [-0.3, -0.25) is 0 Å². The molecule has 6 heteroatoms. The number of nitrogens with one attached hydrogen (secondary N) is 1. The fourth-order valence-electron chi connectivity index (χ4n) is 2.01. The molecule has 2 N–H and O–H groups in total. The Labute approximate surface area is 139 Å². The van der Waals surface area contributed by atoms with E-state index in [-0.39, 0.29) is 25.6 Å². The number of para-hydroxylation sites is 2. The van der Waals surface area contributed by atoms with Crippen molar-refractivity contribution in [2.45, 2.75) is 20.0 Å². The lowest BCUT2D eigenvalue weighted by atomic mass is 10.3. The average Bonchev–Trinajstić information content (AvgIpc) is 2.53. The van der Waals surface area contributed by atoms with Gasteiger partial charge in [0.2, 0.25) is 0 Å². The number of quaternary nitrogens is 1. The van der Waals surface area contributed by atoms with E-state index in [1.165, 1.54) is 4.90 Å². The van der Waals surface area contributed by atoms with Gasteiger partial charge in [-0.2, -0.15) is 0 Å². The van der Waals surface area contributed by atoms with Gasteiger partial charge in [0.25, 0.3) is 0 Å². The Morgan fingerprint density at radius 2 is 1.73 bits per heavy atom. The van der Waals surface area contributed by atoms with Gasteiger partial charge in [0.05, 0.1) is 33.4 Å². The fraction of sp³-hybridized carbons (Fsp3) is 0.625. The first kappa shape index (κ1) is 21.0. The summed E-state index contributed by atoms with van der Waals surface area (Å²) in [6, 6.07) is 7.38. The molecule has 0 spiro atoms. The van der Waals surface area contributed by atoms with Gasteiger partial charge in [0.15, 0.2) is 11.5 Å². The Morgan fingerprint density at radius 1 is 1.09 bits per heavy atom. The number of benzene rings is 1. The molecule has 1 unspecified atom stereocenters. The fourth-order valence-corrected chi connectivity index (χ4v) is 2.01. The van der Waals surface area contributed by atoms with Crippen LogP contribution in [0.15, 0.2) is 24.3 Å².